The second-order valence-electron chi connectivity index (χ2n) is 5.19. The number of aliphatic hydroxyl groups is 1. The van der Waals surface area contributed by atoms with Crippen LogP contribution in [0.4, 0.5) is 0 Å². The van der Waals surface area contributed by atoms with Crippen LogP contribution < -0.4 is 4.74 Å². The molecule has 0 aliphatic carbocycles. The summed E-state index contributed by atoms with van der Waals surface area (Å²) in [6.07, 6.45) is -1.19. The Kier molecular flexibility index (Phi) is 6.17. The summed E-state index contributed by atoms with van der Waals surface area (Å²) in [5.41, 5.74) is 0.317. The van der Waals surface area contributed by atoms with Crippen molar-refractivity contribution in [2.24, 2.45) is 0 Å². The average Bonchev–Trinajstić information content (AvgIpc) is 2.57. The van der Waals surface area contributed by atoms with Gasteiger partial charge in [-0.25, -0.2) is 4.79 Å². The van der Waals surface area contributed by atoms with Crippen LogP contribution in [-0.4, -0.2) is 42.3 Å². The van der Waals surface area contributed by atoms with E-state index in [1.807, 2.05) is 6.07 Å². The monoisotopic (exact) mass is 332 g/mol. The van der Waals surface area contributed by atoms with E-state index in [0.717, 1.165) is 0 Å². The van der Waals surface area contributed by atoms with E-state index in [4.69, 9.17) is 14.2 Å². The van der Waals surface area contributed by atoms with Crippen molar-refractivity contribution >= 4 is 16.7 Å². The molecule has 0 fully saturated rings. The second-order valence-corrected chi connectivity index (χ2v) is 5.19. The highest BCUT2D eigenvalue weighted by atomic mass is 16.6. The summed E-state index contributed by atoms with van der Waals surface area (Å²) in [5.74, 6) is 0.0992. The minimum Gasteiger partial charge on any atom is -0.507 e. The van der Waals surface area contributed by atoms with Gasteiger partial charge in [-0.2, -0.15) is 0 Å². The number of fused-ring (bicyclic) bond motifs is 1. The Labute approximate surface area is 139 Å². The number of esters is 1. The largest absolute Gasteiger partial charge is 0.507 e. The van der Waals surface area contributed by atoms with Gasteiger partial charge < -0.3 is 24.4 Å². The minimum atomic E-state index is -1.19. The number of benzene rings is 2. The second kappa shape index (κ2) is 8.33. The van der Waals surface area contributed by atoms with Gasteiger partial charge in [0.1, 0.15) is 24.7 Å². The lowest BCUT2D eigenvalue weighted by molar-refractivity contribution is -0.141. The molecule has 2 aromatic carbocycles. The fourth-order valence-electron chi connectivity index (χ4n) is 2.04. The molecule has 6 nitrogen and oxygen atoms in total. The van der Waals surface area contributed by atoms with Crippen molar-refractivity contribution in [1.29, 1.82) is 0 Å². The number of hydrogen-bond acceptors (Lipinski definition) is 6. The van der Waals surface area contributed by atoms with E-state index < -0.39 is 12.3 Å². The molecule has 6 heteroatoms. The van der Waals surface area contributed by atoms with Gasteiger partial charge in [0, 0.05) is 16.3 Å². The van der Waals surface area contributed by atoms with Crippen LogP contribution in [0.5, 0.6) is 11.5 Å². The maximum Gasteiger partial charge on any atom is 0.333 e. The number of hydrogen-bond donors (Lipinski definition) is 2. The van der Waals surface area contributed by atoms with Gasteiger partial charge in [0.25, 0.3) is 0 Å². The Hall–Kier alpha value is -2.57. The van der Waals surface area contributed by atoms with E-state index in [-0.39, 0.29) is 25.6 Å². The summed E-state index contributed by atoms with van der Waals surface area (Å²) in [7, 11) is 0. The van der Waals surface area contributed by atoms with Gasteiger partial charge in [-0.15, -0.1) is 0 Å². The number of rotatable bonds is 8. The topological polar surface area (TPSA) is 85.2 Å². The molecule has 24 heavy (non-hydrogen) atoms. The normalized spacial score (nSPS) is 11.9. The van der Waals surface area contributed by atoms with Gasteiger partial charge >= 0.3 is 5.97 Å². The zero-order valence-corrected chi connectivity index (χ0v) is 13.4. The maximum absolute atomic E-state index is 11.2. The SMILES string of the molecule is C=C(C)C(=O)OCCOCC(O)Oc1ccc(O)c2ccccc12. The Balaban J connectivity index is 1.83. The van der Waals surface area contributed by atoms with E-state index in [1.165, 1.54) is 6.07 Å². The molecule has 0 saturated carbocycles. The summed E-state index contributed by atoms with van der Waals surface area (Å²) in [6, 6.07) is 10.2. The van der Waals surface area contributed by atoms with Crippen LogP contribution in [0.3, 0.4) is 0 Å². The Bertz CT molecular complexity index is 725. The van der Waals surface area contributed by atoms with Crippen molar-refractivity contribution in [1.82, 2.24) is 0 Å². The zero-order chi connectivity index (χ0) is 17.5. The summed E-state index contributed by atoms with van der Waals surface area (Å²) >= 11 is 0. The molecule has 2 N–H and O–H groups in total. The molecule has 1 unspecified atom stereocenters. The van der Waals surface area contributed by atoms with Gasteiger partial charge in [0.15, 0.2) is 0 Å². The first-order valence-corrected chi connectivity index (χ1v) is 7.45. The third kappa shape index (κ3) is 4.71. The molecule has 2 rings (SSSR count). The summed E-state index contributed by atoms with van der Waals surface area (Å²) in [6.45, 7) is 5.15. The van der Waals surface area contributed by atoms with Gasteiger partial charge in [-0.1, -0.05) is 30.8 Å². The quantitative estimate of drug-likeness (QED) is 0.334. The summed E-state index contributed by atoms with van der Waals surface area (Å²) < 4.78 is 15.5. The lowest BCUT2D eigenvalue weighted by Gasteiger charge is -2.16. The van der Waals surface area contributed by atoms with Crippen molar-refractivity contribution in [3.05, 3.63) is 48.6 Å². The minimum absolute atomic E-state index is 0.0700. The molecule has 0 bridgehead atoms. The maximum atomic E-state index is 11.2. The number of ether oxygens (including phenoxy) is 3. The highest BCUT2D eigenvalue weighted by Crippen LogP contribution is 2.32. The molecule has 0 spiro atoms. The fraction of sp³-hybridized carbons (Fsp3) is 0.278. The van der Waals surface area contributed by atoms with Gasteiger partial charge in [0.05, 0.1) is 6.61 Å². The van der Waals surface area contributed by atoms with Crippen molar-refractivity contribution in [3.8, 4) is 11.5 Å². The number of aliphatic hydroxyl groups excluding tert-OH is 1. The predicted molar refractivity (Wildman–Crippen MR) is 88.8 cm³/mol. The lowest BCUT2D eigenvalue weighted by atomic mass is 10.1. The van der Waals surface area contributed by atoms with Crippen LogP contribution in [0.15, 0.2) is 48.6 Å². The Morgan fingerprint density at radius 2 is 1.88 bits per heavy atom. The van der Waals surface area contributed by atoms with Crippen molar-refractivity contribution < 1.29 is 29.2 Å². The third-order valence-corrected chi connectivity index (χ3v) is 3.19. The number of aromatic hydroxyl groups is 1. The molecule has 0 aliphatic rings. The number of phenols is 1. The molecule has 0 amide bonds. The first kappa shape index (κ1) is 17.8. The van der Waals surface area contributed by atoms with Crippen LogP contribution in [0.25, 0.3) is 10.8 Å². The standard InChI is InChI=1S/C18H20O6/c1-12(2)18(21)23-10-9-22-11-17(20)24-16-8-7-15(19)13-5-3-4-6-14(13)16/h3-8,17,19-20H,1,9-11H2,2H3. The molecule has 0 heterocycles. The summed E-state index contributed by atoms with van der Waals surface area (Å²) in [5, 5.41) is 21.0. The molecular weight excluding hydrogens is 312 g/mol. The van der Waals surface area contributed by atoms with Crippen molar-refractivity contribution in [3.63, 3.8) is 0 Å². The molecule has 1 atom stereocenters. The predicted octanol–water partition coefficient (Wildman–Crippen LogP) is 2.38. The summed E-state index contributed by atoms with van der Waals surface area (Å²) in [4.78, 5) is 11.2. The van der Waals surface area contributed by atoms with E-state index >= 15 is 0 Å². The van der Waals surface area contributed by atoms with E-state index in [0.29, 0.717) is 22.1 Å². The first-order valence-electron chi connectivity index (χ1n) is 7.45. The molecule has 0 aliphatic heterocycles. The highest BCUT2D eigenvalue weighted by molar-refractivity contribution is 5.92. The number of carbonyl (C=O) groups excluding carboxylic acids is 1. The number of phenolic OH excluding ortho intramolecular Hbond substituents is 1. The zero-order valence-electron chi connectivity index (χ0n) is 13.4. The van der Waals surface area contributed by atoms with Gasteiger partial charge in [0.2, 0.25) is 6.29 Å². The average molecular weight is 332 g/mol. The van der Waals surface area contributed by atoms with Crippen LogP contribution in [0, 0.1) is 0 Å². The van der Waals surface area contributed by atoms with Crippen LogP contribution in [0.1, 0.15) is 6.92 Å². The molecule has 128 valence electrons. The molecule has 2 aromatic rings. The molecule has 0 radical (unpaired) electrons. The van der Waals surface area contributed by atoms with Crippen molar-refractivity contribution in [2.45, 2.75) is 13.2 Å². The first-order chi connectivity index (χ1) is 11.5. The fourth-order valence-corrected chi connectivity index (χ4v) is 2.04. The molecule has 0 aromatic heterocycles. The molecule has 0 saturated heterocycles. The van der Waals surface area contributed by atoms with Crippen molar-refractivity contribution in [2.75, 3.05) is 19.8 Å². The highest BCUT2D eigenvalue weighted by Gasteiger charge is 2.11. The molecular formula is C18H20O6. The Morgan fingerprint density at radius 3 is 2.58 bits per heavy atom. The third-order valence-electron chi connectivity index (χ3n) is 3.19. The van der Waals surface area contributed by atoms with E-state index in [1.54, 1.807) is 31.2 Å². The van der Waals surface area contributed by atoms with Crippen LogP contribution in [-0.2, 0) is 14.3 Å². The van der Waals surface area contributed by atoms with Gasteiger partial charge in [-0.05, 0) is 19.1 Å². The Morgan fingerprint density at radius 1 is 1.17 bits per heavy atom. The smallest absolute Gasteiger partial charge is 0.333 e. The van der Waals surface area contributed by atoms with E-state index in [2.05, 4.69) is 6.58 Å². The lowest BCUT2D eigenvalue weighted by Crippen LogP contribution is -2.24. The number of carbonyl (C=O) groups is 1. The van der Waals surface area contributed by atoms with Gasteiger partial charge in [-0.3, -0.25) is 0 Å². The van der Waals surface area contributed by atoms with Crippen LogP contribution in [0.2, 0.25) is 0 Å². The van der Waals surface area contributed by atoms with Crippen LogP contribution >= 0.6 is 0 Å². The van der Waals surface area contributed by atoms with E-state index in [9.17, 15) is 15.0 Å².